The number of imidazole rings is 1. The summed E-state index contributed by atoms with van der Waals surface area (Å²) in [7, 11) is 1.85. The lowest BCUT2D eigenvalue weighted by molar-refractivity contribution is 0.0520. The van der Waals surface area contributed by atoms with Gasteiger partial charge >= 0.3 is 5.97 Å². The van der Waals surface area contributed by atoms with Crippen LogP contribution in [0.1, 0.15) is 17.4 Å². The monoisotopic (exact) mass is 271 g/mol. The maximum atomic E-state index is 11.6. The second-order valence-electron chi connectivity index (χ2n) is 4.29. The summed E-state index contributed by atoms with van der Waals surface area (Å²) in [5, 5.41) is 4.11. The van der Waals surface area contributed by atoms with Crippen molar-refractivity contribution in [2.75, 3.05) is 6.61 Å². The molecule has 3 aromatic rings. The molecule has 0 saturated carbocycles. The van der Waals surface area contributed by atoms with Crippen LogP contribution in [-0.4, -0.2) is 36.7 Å². The fraction of sp³-hybridized carbons (Fsp3) is 0.231. The molecule has 0 spiro atoms. The van der Waals surface area contributed by atoms with Crippen LogP contribution in [0.3, 0.4) is 0 Å². The number of carbonyl (C=O) groups excluding carboxylic acids is 1. The summed E-state index contributed by atoms with van der Waals surface area (Å²) in [5.74, 6) is -0.431. The van der Waals surface area contributed by atoms with Crippen molar-refractivity contribution in [3.63, 3.8) is 0 Å². The van der Waals surface area contributed by atoms with E-state index >= 15 is 0 Å². The molecule has 0 unspecified atom stereocenters. The first-order chi connectivity index (χ1) is 9.67. The Hall–Kier alpha value is -2.70. The van der Waals surface area contributed by atoms with Gasteiger partial charge in [0.15, 0.2) is 11.3 Å². The third-order valence-corrected chi connectivity index (χ3v) is 2.83. The number of esters is 1. The first-order valence-electron chi connectivity index (χ1n) is 6.18. The van der Waals surface area contributed by atoms with Gasteiger partial charge in [0.25, 0.3) is 0 Å². The van der Waals surface area contributed by atoms with Gasteiger partial charge in [0.2, 0.25) is 0 Å². The number of hydrogen-bond acceptors (Lipinski definition) is 5. The Morgan fingerprint density at radius 1 is 1.30 bits per heavy atom. The normalized spacial score (nSPS) is 10.9. The fourth-order valence-electron chi connectivity index (χ4n) is 1.91. The van der Waals surface area contributed by atoms with E-state index in [1.807, 2.05) is 19.4 Å². The Kier molecular flexibility index (Phi) is 2.94. The van der Waals surface area contributed by atoms with Crippen molar-refractivity contribution in [1.82, 2.24) is 24.1 Å². The topological polar surface area (TPSA) is 74.3 Å². The zero-order chi connectivity index (χ0) is 14.1. The number of carbonyl (C=O) groups is 1. The summed E-state index contributed by atoms with van der Waals surface area (Å²) >= 11 is 0. The Morgan fingerprint density at radius 2 is 2.15 bits per heavy atom. The van der Waals surface area contributed by atoms with E-state index in [4.69, 9.17) is 4.74 Å². The summed E-state index contributed by atoms with van der Waals surface area (Å²) in [5.41, 5.74) is 2.54. The Balaban J connectivity index is 2.01. The summed E-state index contributed by atoms with van der Waals surface area (Å²) < 4.78 is 8.39. The van der Waals surface area contributed by atoms with Gasteiger partial charge in [-0.3, -0.25) is 9.67 Å². The zero-order valence-corrected chi connectivity index (χ0v) is 11.1. The van der Waals surface area contributed by atoms with Crippen LogP contribution in [0.5, 0.6) is 0 Å². The number of ether oxygens (including phenoxy) is 1. The van der Waals surface area contributed by atoms with Gasteiger partial charge in [0.05, 0.1) is 24.7 Å². The van der Waals surface area contributed by atoms with E-state index in [0.29, 0.717) is 12.3 Å². The van der Waals surface area contributed by atoms with Crippen LogP contribution in [0.4, 0.5) is 0 Å². The van der Waals surface area contributed by atoms with E-state index in [-0.39, 0.29) is 5.69 Å². The first-order valence-corrected chi connectivity index (χ1v) is 6.18. The molecule has 0 N–H and O–H groups in total. The van der Waals surface area contributed by atoms with E-state index in [2.05, 4.69) is 15.1 Å². The van der Waals surface area contributed by atoms with E-state index < -0.39 is 5.97 Å². The molecule has 0 fully saturated rings. The van der Waals surface area contributed by atoms with E-state index in [1.165, 1.54) is 0 Å². The summed E-state index contributed by atoms with van der Waals surface area (Å²) in [6.45, 7) is 2.08. The minimum atomic E-state index is -0.431. The molecule has 0 aliphatic rings. The lowest BCUT2D eigenvalue weighted by Crippen LogP contribution is -2.04. The third kappa shape index (κ3) is 2.13. The summed E-state index contributed by atoms with van der Waals surface area (Å²) in [6, 6.07) is 0. The molecule has 0 aliphatic carbocycles. The Morgan fingerprint density at radius 3 is 2.85 bits per heavy atom. The van der Waals surface area contributed by atoms with Crippen molar-refractivity contribution in [2.45, 2.75) is 6.92 Å². The standard InChI is InChI=1S/C13H13N5O2/c1-3-20-13(19)11-8-18-7-10(14-5-12(18)16-11)9-4-15-17(2)6-9/h4-8H,3H2,1-2H3. The van der Waals surface area contributed by atoms with Gasteiger partial charge in [0, 0.05) is 31.2 Å². The van der Waals surface area contributed by atoms with E-state index in [0.717, 1.165) is 11.3 Å². The van der Waals surface area contributed by atoms with Gasteiger partial charge in [-0.05, 0) is 6.92 Å². The summed E-state index contributed by atoms with van der Waals surface area (Å²) in [4.78, 5) is 20.1. The minimum absolute atomic E-state index is 0.275. The van der Waals surface area contributed by atoms with Crippen molar-refractivity contribution in [2.24, 2.45) is 7.05 Å². The molecular weight excluding hydrogens is 258 g/mol. The highest BCUT2D eigenvalue weighted by molar-refractivity contribution is 5.87. The highest BCUT2D eigenvalue weighted by atomic mass is 16.5. The molecule has 3 rings (SSSR count). The van der Waals surface area contributed by atoms with Gasteiger partial charge in [-0.1, -0.05) is 0 Å². The van der Waals surface area contributed by atoms with Gasteiger partial charge in [-0.15, -0.1) is 0 Å². The van der Waals surface area contributed by atoms with Crippen LogP contribution in [0.2, 0.25) is 0 Å². The first kappa shape index (κ1) is 12.3. The number of fused-ring (bicyclic) bond motifs is 1. The van der Waals surface area contributed by atoms with Crippen LogP contribution in [-0.2, 0) is 11.8 Å². The maximum absolute atomic E-state index is 11.6. The molecule has 7 nitrogen and oxygen atoms in total. The largest absolute Gasteiger partial charge is 0.461 e. The second-order valence-corrected chi connectivity index (χ2v) is 4.29. The molecule has 0 aliphatic heterocycles. The fourth-order valence-corrected chi connectivity index (χ4v) is 1.91. The van der Waals surface area contributed by atoms with Gasteiger partial charge < -0.3 is 9.14 Å². The molecule has 0 saturated heterocycles. The highest BCUT2D eigenvalue weighted by Gasteiger charge is 2.12. The van der Waals surface area contributed by atoms with Crippen LogP contribution in [0.15, 0.2) is 31.0 Å². The summed E-state index contributed by atoms with van der Waals surface area (Å²) in [6.07, 6.45) is 8.66. The van der Waals surface area contributed by atoms with Gasteiger partial charge in [-0.2, -0.15) is 5.10 Å². The predicted octanol–water partition coefficient (Wildman–Crippen LogP) is 1.31. The molecule has 0 atom stereocenters. The number of nitrogens with zero attached hydrogens (tertiary/aromatic N) is 5. The number of aromatic nitrogens is 5. The number of rotatable bonds is 3. The van der Waals surface area contributed by atoms with Crippen molar-refractivity contribution in [3.8, 4) is 11.3 Å². The van der Waals surface area contributed by atoms with Gasteiger partial charge in [-0.25, -0.2) is 9.78 Å². The molecule has 20 heavy (non-hydrogen) atoms. The molecule has 102 valence electrons. The molecule has 3 heterocycles. The van der Waals surface area contributed by atoms with Crippen LogP contribution in [0, 0.1) is 0 Å². The number of aryl methyl sites for hydroxylation is 1. The Bertz CT molecular complexity index is 774. The lowest BCUT2D eigenvalue weighted by atomic mass is 10.3. The minimum Gasteiger partial charge on any atom is -0.461 e. The second kappa shape index (κ2) is 4.76. The van der Waals surface area contributed by atoms with Crippen molar-refractivity contribution >= 4 is 11.6 Å². The van der Waals surface area contributed by atoms with E-state index in [1.54, 1.807) is 34.6 Å². The Labute approximate surface area is 114 Å². The van der Waals surface area contributed by atoms with Crippen molar-refractivity contribution in [3.05, 3.63) is 36.7 Å². The molecule has 0 amide bonds. The van der Waals surface area contributed by atoms with Crippen molar-refractivity contribution in [1.29, 1.82) is 0 Å². The smallest absolute Gasteiger partial charge is 0.358 e. The molecule has 3 aromatic heterocycles. The molecule has 0 bridgehead atoms. The van der Waals surface area contributed by atoms with E-state index in [9.17, 15) is 4.79 Å². The number of hydrogen-bond donors (Lipinski definition) is 0. The SMILES string of the molecule is CCOC(=O)c1cn2cc(-c3cnn(C)c3)ncc2n1. The van der Waals surface area contributed by atoms with Crippen LogP contribution in [0.25, 0.3) is 16.9 Å². The van der Waals surface area contributed by atoms with Gasteiger partial charge in [0.1, 0.15) is 0 Å². The third-order valence-electron chi connectivity index (χ3n) is 2.83. The predicted molar refractivity (Wildman–Crippen MR) is 71.1 cm³/mol. The molecule has 7 heteroatoms. The average Bonchev–Trinajstić information content (AvgIpc) is 3.04. The highest BCUT2D eigenvalue weighted by Crippen LogP contribution is 2.16. The zero-order valence-electron chi connectivity index (χ0n) is 11.1. The molecular formula is C13H13N5O2. The van der Waals surface area contributed by atoms with Crippen molar-refractivity contribution < 1.29 is 9.53 Å². The van der Waals surface area contributed by atoms with Crippen LogP contribution >= 0.6 is 0 Å². The lowest BCUT2D eigenvalue weighted by Gasteiger charge is -1.97. The molecule has 0 radical (unpaired) electrons. The maximum Gasteiger partial charge on any atom is 0.358 e. The molecule has 0 aromatic carbocycles. The average molecular weight is 271 g/mol. The van der Waals surface area contributed by atoms with Crippen LogP contribution < -0.4 is 0 Å². The quantitative estimate of drug-likeness (QED) is 0.671.